The van der Waals surface area contributed by atoms with Gasteiger partial charge >= 0.3 is 0 Å². The van der Waals surface area contributed by atoms with Crippen molar-refractivity contribution in [1.29, 1.82) is 0 Å². The smallest absolute Gasteiger partial charge is 0.274 e. The first-order valence-corrected chi connectivity index (χ1v) is 10.2. The average Bonchev–Trinajstić information content (AvgIpc) is 3.35. The van der Waals surface area contributed by atoms with E-state index in [9.17, 15) is 4.79 Å². The summed E-state index contributed by atoms with van der Waals surface area (Å²) in [7, 11) is 1.79. The van der Waals surface area contributed by atoms with E-state index >= 15 is 0 Å². The van der Waals surface area contributed by atoms with Crippen LogP contribution in [0.3, 0.4) is 0 Å². The Bertz CT molecular complexity index is 1210. The third kappa shape index (κ3) is 3.85. The van der Waals surface area contributed by atoms with Crippen molar-refractivity contribution in [2.75, 3.05) is 13.6 Å². The molecule has 0 unspecified atom stereocenters. The lowest BCUT2D eigenvalue weighted by atomic mass is 10.1. The molecule has 0 bridgehead atoms. The topological polar surface area (TPSA) is 75.0 Å². The largest absolute Gasteiger partial charge is 0.350 e. The molecule has 0 spiro atoms. The number of aryl methyl sites for hydroxylation is 3. The lowest BCUT2D eigenvalue weighted by Gasteiger charge is -2.16. The van der Waals surface area contributed by atoms with E-state index in [0.717, 1.165) is 23.2 Å². The molecule has 6 nitrogen and oxygen atoms in total. The summed E-state index contributed by atoms with van der Waals surface area (Å²) >= 11 is 0. The van der Waals surface area contributed by atoms with Crippen molar-refractivity contribution < 1.29 is 9.32 Å². The zero-order valence-electron chi connectivity index (χ0n) is 17.8. The molecule has 0 aliphatic carbocycles. The van der Waals surface area contributed by atoms with Crippen LogP contribution in [0.2, 0.25) is 0 Å². The van der Waals surface area contributed by atoms with Gasteiger partial charge in [0.2, 0.25) is 0 Å². The fourth-order valence-electron chi connectivity index (χ4n) is 3.74. The molecule has 2 aromatic heterocycles. The minimum atomic E-state index is -0.0123. The molecule has 0 radical (unpaired) electrons. The van der Waals surface area contributed by atoms with Crippen molar-refractivity contribution in [3.8, 4) is 11.6 Å². The van der Waals surface area contributed by atoms with Crippen LogP contribution in [0.15, 0.2) is 47.0 Å². The van der Waals surface area contributed by atoms with Gasteiger partial charge in [0.25, 0.3) is 11.8 Å². The van der Waals surface area contributed by atoms with Crippen molar-refractivity contribution in [2.45, 2.75) is 33.6 Å². The molecule has 0 saturated heterocycles. The minimum Gasteiger partial charge on any atom is -0.350 e. The highest BCUT2D eigenvalue weighted by Crippen LogP contribution is 2.30. The van der Waals surface area contributed by atoms with Gasteiger partial charge < -0.3 is 14.4 Å². The van der Waals surface area contributed by atoms with Gasteiger partial charge in [-0.15, -0.1) is 0 Å². The first-order chi connectivity index (χ1) is 14.5. The van der Waals surface area contributed by atoms with Crippen LogP contribution in [0, 0.1) is 13.8 Å². The van der Waals surface area contributed by atoms with Gasteiger partial charge in [0.05, 0.1) is 0 Å². The van der Waals surface area contributed by atoms with Crippen LogP contribution < -0.4 is 0 Å². The molecule has 154 valence electrons. The van der Waals surface area contributed by atoms with Crippen LogP contribution in [0.4, 0.5) is 0 Å². The number of aromatic amines is 1. The van der Waals surface area contributed by atoms with Crippen molar-refractivity contribution >= 4 is 16.8 Å². The Kier molecular flexibility index (Phi) is 5.40. The van der Waals surface area contributed by atoms with E-state index in [2.05, 4.69) is 47.2 Å². The number of hydrogen-bond donors (Lipinski definition) is 1. The number of amides is 1. The highest BCUT2D eigenvalue weighted by Gasteiger charge is 2.18. The van der Waals surface area contributed by atoms with Gasteiger partial charge in [0, 0.05) is 36.5 Å². The molecular formula is C24H26N4O2. The van der Waals surface area contributed by atoms with Gasteiger partial charge in [-0.1, -0.05) is 41.4 Å². The molecule has 0 aliphatic rings. The molecule has 0 saturated carbocycles. The molecule has 6 heteroatoms. The summed E-state index contributed by atoms with van der Waals surface area (Å²) in [5.41, 5.74) is 6.09. The van der Waals surface area contributed by atoms with Crippen LogP contribution in [0.5, 0.6) is 0 Å². The van der Waals surface area contributed by atoms with Crippen molar-refractivity contribution in [3.63, 3.8) is 0 Å². The fraction of sp³-hybridized carbons (Fsp3) is 0.292. The first kappa shape index (κ1) is 19.9. The number of nitrogens with one attached hydrogen (secondary N) is 1. The monoisotopic (exact) mass is 402 g/mol. The predicted octanol–water partition coefficient (Wildman–Crippen LogP) is 4.71. The minimum absolute atomic E-state index is 0.0123. The summed E-state index contributed by atoms with van der Waals surface area (Å²) in [6.45, 7) is 6.70. The quantitative estimate of drug-likeness (QED) is 0.507. The molecule has 30 heavy (non-hydrogen) atoms. The zero-order valence-corrected chi connectivity index (χ0v) is 17.8. The number of carbonyl (C=O) groups excluding carboxylic acids is 1. The number of hydrogen-bond acceptors (Lipinski definition) is 4. The Labute approximate surface area is 175 Å². The number of carbonyl (C=O) groups is 1. The molecule has 4 aromatic rings. The summed E-state index contributed by atoms with van der Waals surface area (Å²) in [4.78, 5) is 22.3. The van der Waals surface area contributed by atoms with Gasteiger partial charge in [0.1, 0.15) is 5.69 Å². The van der Waals surface area contributed by atoms with Crippen LogP contribution >= 0.6 is 0 Å². The lowest BCUT2D eigenvalue weighted by Crippen LogP contribution is -2.29. The summed E-state index contributed by atoms with van der Waals surface area (Å²) in [5.74, 6) is 1.07. The van der Waals surface area contributed by atoms with Crippen LogP contribution in [-0.4, -0.2) is 39.5 Å². The van der Waals surface area contributed by atoms with Crippen LogP contribution in [0.1, 0.15) is 39.8 Å². The van der Waals surface area contributed by atoms with E-state index in [-0.39, 0.29) is 5.91 Å². The van der Waals surface area contributed by atoms with Crippen LogP contribution in [0.25, 0.3) is 22.5 Å². The molecule has 0 aliphatic heterocycles. The number of nitrogens with zero attached hydrogens (tertiary/aromatic N) is 3. The number of likely N-dealkylation sites (N-methyl/N-ethyl adjacent to an activating group) is 1. The molecular weight excluding hydrogens is 376 g/mol. The molecule has 1 amide bonds. The van der Waals surface area contributed by atoms with E-state index in [1.165, 1.54) is 16.5 Å². The van der Waals surface area contributed by atoms with Gasteiger partial charge in [-0.2, -0.15) is 4.98 Å². The first-order valence-electron chi connectivity index (χ1n) is 10.2. The number of H-pyrrole nitrogens is 1. The highest BCUT2D eigenvalue weighted by molar-refractivity contribution is 5.94. The van der Waals surface area contributed by atoms with Crippen molar-refractivity contribution in [2.24, 2.45) is 0 Å². The zero-order chi connectivity index (χ0) is 21.3. The third-order valence-electron chi connectivity index (χ3n) is 5.38. The molecule has 0 fully saturated rings. The molecule has 0 atom stereocenters. The molecule has 1 N–H and O–H groups in total. The number of fused-ring (bicyclic) bond motifs is 1. The Morgan fingerprint density at radius 1 is 1.13 bits per heavy atom. The summed E-state index contributed by atoms with van der Waals surface area (Å²) in [5, 5.41) is 5.32. The summed E-state index contributed by atoms with van der Waals surface area (Å²) in [6.07, 6.45) is 1.39. The Balaban J connectivity index is 1.50. The second kappa shape index (κ2) is 8.14. The molecule has 2 aromatic carbocycles. The van der Waals surface area contributed by atoms with Gasteiger partial charge in [-0.3, -0.25) is 4.79 Å². The van der Waals surface area contributed by atoms with E-state index in [1.807, 2.05) is 31.2 Å². The fourth-order valence-corrected chi connectivity index (χ4v) is 3.74. The maximum atomic E-state index is 12.6. The van der Waals surface area contributed by atoms with Crippen molar-refractivity contribution in [3.05, 3.63) is 70.5 Å². The number of aromatic nitrogens is 3. The lowest BCUT2D eigenvalue weighted by molar-refractivity contribution is 0.0795. The van der Waals surface area contributed by atoms with Gasteiger partial charge in [0.15, 0.2) is 5.82 Å². The standard InChI is InChI=1S/C24H26N4O2/c1-5-18-19-14-16(3)9-10-20(19)25-22(18)23-26-21(27-30-23)11-12-28(4)24(29)17-8-6-7-15(2)13-17/h6-10,13-14,25H,5,11-12H2,1-4H3. The molecule has 2 heterocycles. The number of benzene rings is 2. The number of rotatable bonds is 6. The predicted molar refractivity (Wildman–Crippen MR) is 118 cm³/mol. The van der Waals surface area contributed by atoms with Gasteiger partial charge in [-0.05, 0) is 50.1 Å². The highest BCUT2D eigenvalue weighted by atomic mass is 16.5. The third-order valence-corrected chi connectivity index (χ3v) is 5.38. The van der Waals surface area contributed by atoms with Crippen molar-refractivity contribution in [1.82, 2.24) is 20.0 Å². The Morgan fingerprint density at radius 2 is 1.93 bits per heavy atom. The SMILES string of the molecule is CCc1c(-c2nc(CCN(C)C(=O)c3cccc(C)c3)no2)[nH]c2ccc(C)cc12. The average molecular weight is 402 g/mol. The maximum Gasteiger partial charge on any atom is 0.274 e. The van der Waals surface area contributed by atoms with E-state index in [0.29, 0.717) is 30.2 Å². The molecule has 4 rings (SSSR count). The van der Waals surface area contributed by atoms with E-state index in [1.54, 1.807) is 11.9 Å². The maximum absolute atomic E-state index is 12.6. The van der Waals surface area contributed by atoms with E-state index < -0.39 is 0 Å². The Morgan fingerprint density at radius 3 is 2.70 bits per heavy atom. The van der Waals surface area contributed by atoms with E-state index in [4.69, 9.17) is 4.52 Å². The second-order valence-corrected chi connectivity index (χ2v) is 7.74. The second-order valence-electron chi connectivity index (χ2n) is 7.74. The Hall–Kier alpha value is -3.41. The van der Waals surface area contributed by atoms with Gasteiger partial charge in [-0.25, -0.2) is 0 Å². The van der Waals surface area contributed by atoms with Crippen LogP contribution in [-0.2, 0) is 12.8 Å². The summed E-state index contributed by atoms with van der Waals surface area (Å²) in [6, 6.07) is 14.0. The normalized spacial score (nSPS) is 11.2. The summed E-state index contributed by atoms with van der Waals surface area (Å²) < 4.78 is 5.55.